The van der Waals surface area contributed by atoms with E-state index in [1.165, 1.54) is 0 Å². The van der Waals surface area contributed by atoms with E-state index in [0.29, 0.717) is 18.9 Å². The number of nitrogens with zero attached hydrogens (tertiary/aromatic N) is 3. The maximum absolute atomic E-state index is 12.7. The molecule has 22 heavy (non-hydrogen) atoms. The zero-order valence-corrected chi connectivity index (χ0v) is 14.0. The molecule has 1 saturated carbocycles. The van der Waals surface area contributed by atoms with Crippen LogP contribution in [0.1, 0.15) is 30.7 Å². The highest BCUT2D eigenvalue weighted by molar-refractivity contribution is 7.91. The maximum Gasteiger partial charge on any atom is 0.244 e. The van der Waals surface area contributed by atoms with Gasteiger partial charge in [0.1, 0.15) is 6.54 Å². The average molecular weight is 325 g/mol. The summed E-state index contributed by atoms with van der Waals surface area (Å²) in [4.78, 5) is 14.5. The summed E-state index contributed by atoms with van der Waals surface area (Å²) in [5.41, 5.74) is 1.85. The summed E-state index contributed by atoms with van der Waals surface area (Å²) >= 11 is 0. The lowest BCUT2D eigenvalue weighted by Crippen LogP contribution is -2.45. The SMILES string of the molecule is Cc1cc(C)n(CC(=O)N2CCCS(=O)(=O)CC2C2CC2)n1. The molecule has 1 amide bonds. The Morgan fingerprint density at radius 3 is 2.68 bits per heavy atom. The Kier molecular flexibility index (Phi) is 4.01. The van der Waals surface area contributed by atoms with Gasteiger partial charge in [-0.05, 0) is 45.1 Å². The van der Waals surface area contributed by atoms with Gasteiger partial charge in [0, 0.05) is 18.3 Å². The first-order valence-electron chi connectivity index (χ1n) is 7.87. The molecule has 3 rings (SSSR count). The number of carbonyl (C=O) groups excluding carboxylic acids is 1. The summed E-state index contributed by atoms with van der Waals surface area (Å²) in [5, 5.41) is 4.33. The van der Waals surface area contributed by atoms with Gasteiger partial charge in [-0.1, -0.05) is 0 Å². The fourth-order valence-electron chi connectivity index (χ4n) is 3.29. The van der Waals surface area contributed by atoms with Gasteiger partial charge in [0.05, 0.1) is 17.2 Å². The van der Waals surface area contributed by atoms with Gasteiger partial charge < -0.3 is 4.90 Å². The van der Waals surface area contributed by atoms with Crippen molar-refractivity contribution in [3.63, 3.8) is 0 Å². The van der Waals surface area contributed by atoms with E-state index in [9.17, 15) is 13.2 Å². The quantitative estimate of drug-likeness (QED) is 0.828. The minimum absolute atomic E-state index is 0.0137. The van der Waals surface area contributed by atoms with E-state index >= 15 is 0 Å². The molecule has 0 spiro atoms. The van der Waals surface area contributed by atoms with Crippen LogP contribution in [-0.4, -0.2) is 53.1 Å². The van der Waals surface area contributed by atoms with E-state index < -0.39 is 9.84 Å². The van der Waals surface area contributed by atoms with Crippen molar-refractivity contribution in [1.82, 2.24) is 14.7 Å². The van der Waals surface area contributed by atoms with Crippen LogP contribution in [0.4, 0.5) is 0 Å². The summed E-state index contributed by atoms with van der Waals surface area (Å²) in [6.45, 7) is 4.57. The number of sulfone groups is 1. The molecule has 1 atom stereocenters. The van der Waals surface area contributed by atoms with Gasteiger partial charge in [-0.15, -0.1) is 0 Å². The third kappa shape index (κ3) is 3.34. The van der Waals surface area contributed by atoms with E-state index in [-0.39, 0.29) is 30.0 Å². The highest BCUT2D eigenvalue weighted by Gasteiger charge is 2.41. The van der Waals surface area contributed by atoms with Crippen molar-refractivity contribution in [3.05, 3.63) is 17.5 Å². The maximum atomic E-state index is 12.7. The van der Waals surface area contributed by atoms with E-state index in [4.69, 9.17) is 0 Å². The van der Waals surface area contributed by atoms with Gasteiger partial charge in [-0.2, -0.15) is 5.10 Å². The molecule has 1 aliphatic carbocycles. The van der Waals surface area contributed by atoms with Gasteiger partial charge in [0.25, 0.3) is 0 Å². The molecule has 7 heteroatoms. The number of aryl methyl sites for hydroxylation is 2. The molecule has 0 radical (unpaired) electrons. The Morgan fingerprint density at radius 1 is 1.36 bits per heavy atom. The smallest absolute Gasteiger partial charge is 0.244 e. The van der Waals surface area contributed by atoms with Crippen LogP contribution in [0.3, 0.4) is 0 Å². The van der Waals surface area contributed by atoms with Crippen LogP contribution in [-0.2, 0) is 21.2 Å². The molecule has 1 saturated heterocycles. The zero-order valence-electron chi connectivity index (χ0n) is 13.2. The summed E-state index contributed by atoms with van der Waals surface area (Å²) in [5.74, 6) is 0.665. The second kappa shape index (κ2) is 5.68. The van der Waals surface area contributed by atoms with Crippen molar-refractivity contribution in [2.75, 3.05) is 18.1 Å². The molecule has 2 aliphatic rings. The standard InChI is InChI=1S/C15H23N3O3S/c1-11-8-12(2)18(16-11)9-15(19)17-6-3-7-22(20,21)10-14(17)13-4-5-13/h8,13-14H,3-7,9-10H2,1-2H3. The molecule has 0 aromatic carbocycles. The number of hydrogen-bond donors (Lipinski definition) is 0. The summed E-state index contributed by atoms with van der Waals surface area (Å²) < 4.78 is 25.8. The van der Waals surface area contributed by atoms with E-state index in [1.54, 1.807) is 9.58 Å². The molecule has 0 bridgehead atoms. The van der Waals surface area contributed by atoms with Gasteiger partial charge in [0.15, 0.2) is 9.84 Å². The lowest BCUT2D eigenvalue weighted by molar-refractivity contribution is -0.134. The normalized spacial score (nSPS) is 25.0. The highest BCUT2D eigenvalue weighted by atomic mass is 32.2. The zero-order chi connectivity index (χ0) is 15.9. The predicted octanol–water partition coefficient (Wildman–Crippen LogP) is 0.926. The summed E-state index contributed by atoms with van der Waals surface area (Å²) in [6.07, 6.45) is 2.60. The van der Waals surface area contributed by atoms with E-state index in [0.717, 1.165) is 24.2 Å². The molecule has 1 aliphatic heterocycles. The Labute approximate surface area is 131 Å². The Hall–Kier alpha value is -1.37. The Balaban J connectivity index is 1.78. The monoisotopic (exact) mass is 325 g/mol. The lowest BCUT2D eigenvalue weighted by atomic mass is 10.1. The molecule has 0 N–H and O–H groups in total. The Morgan fingerprint density at radius 2 is 2.09 bits per heavy atom. The van der Waals surface area contributed by atoms with Gasteiger partial charge in [0.2, 0.25) is 5.91 Å². The van der Waals surface area contributed by atoms with Crippen molar-refractivity contribution < 1.29 is 13.2 Å². The first kappa shape index (κ1) is 15.5. The van der Waals surface area contributed by atoms with Crippen LogP contribution < -0.4 is 0 Å². The van der Waals surface area contributed by atoms with Gasteiger partial charge in [-0.25, -0.2) is 8.42 Å². The lowest BCUT2D eigenvalue weighted by Gasteiger charge is -2.29. The molecule has 1 unspecified atom stereocenters. The summed E-state index contributed by atoms with van der Waals surface area (Å²) in [7, 11) is -3.03. The molecule has 122 valence electrons. The molecular formula is C15H23N3O3S. The number of hydrogen-bond acceptors (Lipinski definition) is 4. The van der Waals surface area contributed by atoms with Gasteiger partial charge in [-0.3, -0.25) is 9.48 Å². The fraction of sp³-hybridized carbons (Fsp3) is 0.733. The van der Waals surface area contributed by atoms with Crippen molar-refractivity contribution in [2.45, 2.75) is 45.7 Å². The van der Waals surface area contributed by atoms with E-state index in [2.05, 4.69) is 5.10 Å². The molecule has 1 aromatic rings. The minimum atomic E-state index is -3.03. The van der Waals surface area contributed by atoms with Crippen LogP contribution in [0.5, 0.6) is 0 Å². The molecule has 1 aromatic heterocycles. The van der Waals surface area contributed by atoms with Crippen LogP contribution >= 0.6 is 0 Å². The van der Waals surface area contributed by atoms with Crippen molar-refractivity contribution in [1.29, 1.82) is 0 Å². The topological polar surface area (TPSA) is 72.3 Å². The van der Waals surface area contributed by atoms with Crippen LogP contribution in [0.15, 0.2) is 6.07 Å². The number of amides is 1. The first-order chi connectivity index (χ1) is 10.4. The third-order valence-electron chi connectivity index (χ3n) is 4.55. The number of rotatable bonds is 3. The van der Waals surface area contributed by atoms with Crippen molar-refractivity contribution in [3.8, 4) is 0 Å². The van der Waals surface area contributed by atoms with Crippen LogP contribution in [0.2, 0.25) is 0 Å². The molecular weight excluding hydrogens is 302 g/mol. The molecule has 2 heterocycles. The number of carbonyl (C=O) groups is 1. The third-order valence-corrected chi connectivity index (χ3v) is 6.31. The molecule has 6 nitrogen and oxygen atoms in total. The van der Waals surface area contributed by atoms with Gasteiger partial charge >= 0.3 is 0 Å². The second-order valence-corrected chi connectivity index (χ2v) is 8.77. The molecule has 2 fully saturated rings. The summed E-state index contributed by atoms with van der Waals surface area (Å²) in [6, 6.07) is 1.80. The van der Waals surface area contributed by atoms with Crippen molar-refractivity contribution >= 4 is 15.7 Å². The Bertz CT molecular complexity index is 676. The van der Waals surface area contributed by atoms with Crippen molar-refractivity contribution in [2.24, 2.45) is 5.92 Å². The second-order valence-electron chi connectivity index (χ2n) is 6.54. The fourth-order valence-corrected chi connectivity index (χ4v) is 5.00. The number of aromatic nitrogens is 2. The first-order valence-corrected chi connectivity index (χ1v) is 9.69. The largest absolute Gasteiger partial charge is 0.337 e. The van der Waals surface area contributed by atoms with Crippen LogP contribution in [0.25, 0.3) is 0 Å². The van der Waals surface area contributed by atoms with Crippen LogP contribution in [0, 0.1) is 19.8 Å². The minimum Gasteiger partial charge on any atom is -0.337 e. The highest BCUT2D eigenvalue weighted by Crippen LogP contribution is 2.37. The average Bonchev–Trinajstić information content (AvgIpc) is 3.20. The van der Waals surface area contributed by atoms with E-state index in [1.807, 2.05) is 19.9 Å². The predicted molar refractivity (Wildman–Crippen MR) is 83.2 cm³/mol.